The SMILES string of the molecule is CN=C1C(=C2Cc3ccccc3N2)C(=O)C(CNC(=O)COC)N1c1cc(OC)cc(OC)c1. The molecule has 2 aliphatic heterocycles. The molecule has 2 N–H and O–H groups in total. The summed E-state index contributed by atoms with van der Waals surface area (Å²) in [5, 5.41) is 6.19. The number of fused-ring (bicyclic) bond motifs is 1. The summed E-state index contributed by atoms with van der Waals surface area (Å²) in [4.78, 5) is 32.3. The minimum Gasteiger partial charge on any atom is -0.497 e. The van der Waals surface area contributed by atoms with Gasteiger partial charge >= 0.3 is 0 Å². The summed E-state index contributed by atoms with van der Waals surface area (Å²) in [6.45, 7) is -0.00324. The Balaban J connectivity index is 1.79. The molecule has 1 amide bonds. The summed E-state index contributed by atoms with van der Waals surface area (Å²) in [6, 6.07) is 12.6. The number of methoxy groups -OCH3 is 3. The van der Waals surface area contributed by atoms with E-state index in [1.165, 1.54) is 7.11 Å². The van der Waals surface area contributed by atoms with E-state index in [9.17, 15) is 9.59 Å². The van der Waals surface area contributed by atoms with E-state index in [0.717, 1.165) is 16.9 Å². The van der Waals surface area contributed by atoms with Gasteiger partial charge in [0.2, 0.25) is 5.91 Å². The van der Waals surface area contributed by atoms with Crippen molar-refractivity contribution in [1.29, 1.82) is 0 Å². The maximum atomic E-state index is 13.8. The van der Waals surface area contributed by atoms with Gasteiger partial charge in [0.1, 0.15) is 30.0 Å². The zero-order chi connectivity index (χ0) is 24.2. The third-order valence-corrected chi connectivity index (χ3v) is 5.88. The van der Waals surface area contributed by atoms with E-state index in [4.69, 9.17) is 14.2 Å². The lowest BCUT2D eigenvalue weighted by molar-refractivity contribution is -0.124. The number of Topliss-reactive ketones (excluding diaryl/α,β-unsaturated/α-hetero) is 1. The fourth-order valence-electron chi connectivity index (χ4n) is 4.32. The highest BCUT2D eigenvalue weighted by molar-refractivity contribution is 6.36. The van der Waals surface area contributed by atoms with Gasteiger partial charge in [-0.25, -0.2) is 0 Å². The second-order valence-electron chi connectivity index (χ2n) is 7.92. The Bertz CT molecular complexity index is 1120. The average molecular weight is 465 g/mol. The van der Waals surface area contributed by atoms with Crippen molar-refractivity contribution in [2.24, 2.45) is 4.99 Å². The molecular weight excluding hydrogens is 436 g/mol. The number of amidine groups is 1. The number of hydrogen-bond donors (Lipinski definition) is 2. The first-order chi connectivity index (χ1) is 16.5. The van der Waals surface area contributed by atoms with Crippen LogP contribution in [0, 0.1) is 0 Å². The average Bonchev–Trinajstić information content (AvgIpc) is 3.40. The molecular formula is C25H28N4O5. The van der Waals surface area contributed by atoms with Crippen LogP contribution in [0.25, 0.3) is 0 Å². The van der Waals surface area contributed by atoms with Crippen molar-refractivity contribution >= 4 is 28.9 Å². The van der Waals surface area contributed by atoms with Crippen LogP contribution in [0.1, 0.15) is 5.56 Å². The number of rotatable bonds is 7. The summed E-state index contributed by atoms with van der Waals surface area (Å²) in [6.07, 6.45) is 0.592. The Morgan fingerprint density at radius 3 is 2.47 bits per heavy atom. The summed E-state index contributed by atoms with van der Waals surface area (Å²) in [5.41, 5.74) is 4.05. The number of carbonyl (C=O) groups is 2. The van der Waals surface area contributed by atoms with Crippen molar-refractivity contribution in [2.45, 2.75) is 12.5 Å². The molecule has 2 heterocycles. The molecule has 0 saturated carbocycles. The minimum atomic E-state index is -0.704. The van der Waals surface area contributed by atoms with E-state index < -0.39 is 6.04 Å². The minimum absolute atomic E-state index is 0.0866. The highest BCUT2D eigenvalue weighted by Crippen LogP contribution is 2.38. The number of allylic oxidation sites excluding steroid dienone is 1. The van der Waals surface area contributed by atoms with Gasteiger partial charge in [0.25, 0.3) is 0 Å². The Morgan fingerprint density at radius 1 is 1.15 bits per heavy atom. The maximum Gasteiger partial charge on any atom is 0.246 e. The second kappa shape index (κ2) is 9.96. The van der Waals surface area contributed by atoms with Crippen molar-refractivity contribution in [2.75, 3.05) is 51.7 Å². The molecule has 2 aliphatic rings. The summed E-state index contributed by atoms with van der Waals surface area (Å²) >= 11 is 0. The maximum absolute atomic E-state index is 13.8. The molecule has 0 aromatic heterocycles. The van der Waals surface area contributed by atoms with Crippen LogP contribution in [-0.4, -0.2) is 65.1 Å². The monoisotopic (exact) mass is 464 g/mol. The van der Waals surface area contributed by atoms with Crippen molar-refractivity contribution in [3.8, 4) is 11.5 Å². The summed E-state index contributed by atoms with van der Waals surface area (Å²) < 4.78 is 15.8. The van der Waals surface area contributed by atoms with Gasteiger partial charge in [0.15, 0.2) is 5.78 Å². The molecule has 1 atom stereocenters. The smallest absolute Gasteiger partial charge is 0.246 e. The van der Waals surface area contributed by atoms with Crippen LogP contribution >= 0.6 is 0 Å². The fraction of sp³-hybridized carbons (Fsp3) is 0.320. The molecule has 2 aromatic rings. The molecule has 9 nitrogen and oxygen atoms in total. The molecule has 9 heteroatoms. The standard InChI is InChI=1S/C25H28N4O5/c1-26-25-23(20-9-15-7-5-6-8-19(15)28-20)24(31)21(13-27-22(30)14-32-2)29(25)16-10-17(33-3)12-18(11-16)34-4/h5-8,10-12,21,28H,9,13-14H2,1-4H3,(H,27,30). The number of carbonyl (C=O) groups excluding carboxylic acids is 2. The molecule has 0 spiro atoms. The van der Waals surface area contributed by atoms with Gasteiger partial charge in [-0.1, -0.05) is 18.2 Å². The van der Waals surface area contributed by atoms with Crippen molar-refractivity contribution in [1.82, 2.24) is 5.32 Å². The number of anilines is 2. The van der Waals surface area contributed by atoms with Crippen molar-refractivity contribution in [3.63, 3.8) is 0 Å². The Hall–Kier alpha value is -3.85. The lowest BCUT2D eigenvalue weighted by Crippen LogP contribution is -2.45. The molecule has 4 rings (SSSR count). The topological polar surface area (TPSA) is 101 Å². The lowest BCUT2D eigenvalue weighted by atomic mass is 10.0. The lowest BCUT2D eigenvalue weighted by Gasteiger charge is -2.26. The van der Waals surface area contributed by atoms with Crippen molar-refractivity contribution < 1.29 is 23.8 Å². The Kier molecular flexibility index (Phi) is 6.83. The first kappa shape index (κ1) is 23.3. The molecule has 1 fully saturated rings. The van der Waals surface area contributed by atoms with Crippen LogP contribution < -0.4 is 25.0 Å². The largest absolute Gasteiger partial charge is 0.497 e. The number of benzene rings is 2. The fourth-order valence-corrected chi connectivity index (χ4v) is 4.32. The van der Waals surface area contributed by atoms with Crippen LogP contribution in [0.2, 0.25) is 0 Å². The van der Waals surface area contributed by atoms with Gasteiger partial charge < -0.3 is 29.7 Å². The van der Waals surface area contributed by atoms with Crippen LogP contribution in [0.15, 0.2) is 58.7 Å². The molecule has 1 saturated heterocycles. The Morgan fingerprint density at radius 2 is 1.85 bits per heavy atom. The first-order valence-corrected chi connectivity index (χ1v) is 10.9. The van der Waals surface area contributed by atoms with Gasteiger partial charge in [-0.05, 0) is 11.6 Å². The number of ether oxygens (including phenoxy) is 3. The zero-order valence-electron chi connectivity index (χ0n) is 19.7. The molecule has 1 unspecified atom stereocenters. The first-order valence-electron chi connectivity index (χ1n) is 10.9. The number of ketones is 1. The summed E-state index contributed by atoms with van der Waals surface area (Å²) in [5.74, 6) is 1.23. The van der Waals surface area contributed by atoms with Crippen molar-refractivity contribution in [3.05, 3.63) is 59.3 Å². The molecule has 178 valence electrons. The third-order valence-electron chi connectivity index (χ3n) is 5.88. The van der Waals surface area contributed by atoms with E-state index in [0.29, 0.717) is 35.0 Å². The Labute approximate surface area is 198 Å². The van der Waals surface area contributed by atoms with Gasteiger partial charge in [-0.2, -0.15) is 0 Å². The van der Waals surface area contributed by atoms with E-state index >= 15 is 0 Å². The predicted molar refractivity (Wildman–Crippen MR) is 130 cm³/mol. The van der Waals surface area contributed by atoms with Crippen LogP contribution in [0.3, 0.4) is 0 Å². The highest BCUT2D eigenvalue weighted by atomic mass is 16.5. The van der Waals surface area contributed by atoms with Gasteiger partial charge in [-0.15, -0.1) is 0 Å². The van der Waals surface area contributed by atoms with Crippen LogP contribution in [-0.2, 0) is 20.7 Å². The zero-order valence-corrected chi connectivity index (χ0v) is 19.7. The number of hydrogen-bond acceptors (Lipinski definition) is 7. The predicted octanol–water partition coefficient (Wildman–Crippen LogP) is 2.17. The number of nitrogens with one attached hydrogen (secondary N) is 2. The quantitative estimate of drug-likeness (QED) is 0.606. The van der Waals surface area contributed by atoms with E-state index in [-0.39, 0.29) is 24.8 Å². The van der Waals surface area contributed by atoms with E-state index in [1.807, 2.05) is 41.3 Å². The molecule has 0 radical (unpaired) electrons. The number of amides is 1. The normalized spacial score (nSPS) is 20.4. The second-order valence-corrected chi connectivity index (χ2v) is 7.92. The molecule has 0 aliphatic carbocycles. The number of para-hydroxylation sites is 1. The van der Waals surface area contributed by atoms with Crippen LogP contribution in [0.5, 0.6) is 11.5 Å². The van der Waals surface area contributed by atoms with Crippen LogP contribution in [0.4, 0.5) is 11.4 Å². The van der Waals surface area contributed by atoms with E-state index in [2.05, 4.69) is 15.6 Å². The molecule has 2 aromatic carbocycles. The molecule has 34 heavy (non-hydrogen) atoms. The van der Waals surface area contributed by atoms with Gasteiger partial charge in [0.05, 0.1) is 25.5 Å². The van der Waals surface area contributed by atoms with Gasteiger partial charge in [-0.3, -0.25) is 14.6 Å². The third kappa shape index (κ3) is 4.34. The number of nitrogens with zero attached hydrogens (tertiary/aromatic N) is 2. The number of aliphatic imine (C=N–C) groups is 1. The summed E-state index contributed by atoms with van der Waals surface area (Å²) in [7, 11) is 6.24. The van der Waals surface area contributed by atoms with Gasteiger partial charge in [0, 0.05) is 56.7 Å². The van der Waals surface area contributed by atoms with E-state index in [1.54, 1.807) is 27.3 Å². The molecule has 0 bridgehead atoms. The highest BCUT2D eigenvalue weighted by Gasteiger charge is 2.44.